The van der Waals surface area contributed by atoms with E-state index in [1.807, 2.05) is 0 Å². The van der Waals surface area contributed by atoms with E-state index < -0.39 is 97.5 Å². The standard InChI is InChI=1S/C77H150O17P2/c1-7-9-11-13-15-17-18-19-22-26-29-36-42-48-54-60-75(80)88-66-73(93-76(81)61-55-49-43-37-30-27-24-21-20-23-25-28-34-39-45-51-57-69(3)4)68-92-96(85,86)90-64-71(78)63-89-95(83,84)91-67-72(65-87-74(79)59-53-47-41-33-16-14-12-10-8-2)94-77(82)62-56-50-44-38-32-31-35-40-46-52-58-70(5)6/h69-73,78H,7-68H2,1-6H3,(H,83,84)(H,85,86)/t71-,72+,73+/m0/s1. The van der Waals surface area contributed by atoms with Crippen LogP contribution in [0.5, 0.6) is 0 Å². The normalized spacial score (nSPS) is 14.0. The van der Waals surface area contributed by atoms with Crippen molar-refractivity contribution in [1.29, 1.82) is 0 Å². The molecule has 0 rings (SSSR count). The van der Waals surface area contributed by atoms with Gasteiger partial charge in [-0.2, -0.15) is 0 Å². The number of hydrogen-bond acceptors (Lipinski definition) is 15. The molecule has 0 aliphatic heterocycles. The minimum atomic E-state index is -4.96. The summed E-state index contributed by atoms with van der Waals surface area (Å²) >= 11 is 0. The molecule has 0 amide bonds. The molecule has 96 heavy (non-hydrogen) atoms. The van der Waals surface area contributed by atoms with Crippen molar-refractivity contribution in [3.05, 3.63) is 0 Å². The van der Waals surface area contributed by atoms with Gasteiger partial charge in [-0.15, -0.1) is 0 Å². The number of carbonyl (C=O) groups is 4. The zero-order chi connectivity index (χ0) is 70.7. The average Bonchev–Trinajstić information content (AvgIpc) is 1.19. The van der Waals surface area contributed by atoms with Gasteiger partial charge in [-0.05, 0) is 37.5 Å². The summed E-state index contributed by atoms with van der Waals surface area (Å²) in [5.74, 6) is -0.553. The molecule has 0 fully saturated rings. The highest BCUT2D eigenvalue weighted by Gasteiger charge is 2.30. The summed E-state index contributed by atoms with van der Waals surface area (Å²) in [6.07, 6.45) is 56.8. The summed E-state index contributed by atoms with van der Waals surface area (Å²) in [4.78, 5) is 72.8. The molecule has 0 saturated carbocycles. The van der Waals surface area contributed by atoms with E-state index in [-0.39, 0.29) is 25.7 Å². The Labute approximate surface area is 588 Å². The lowest BCUT2D eigenvalue weighted by Gasteiger charge is -2.21. The average molecular weight is 1410 g/mol. The Morgan fingerprint density at radius 2 is 0.479 bits per heavy atom. The number of aliphatic hydroxyl groups excluding tert-OH is 1. The molecule has 0 radical (unpaired) electrons. The van der Waals surface area contributed by atoms with Crippen molar-refractivity contribution in [2.75, 3.05) is 39.6 Å². The van der Waals surface area contributed by atoms with E-state index in [1.54, 1.807) is 0 Å². The van der Waals surface area contributed by atoms with E-state index in [2.05, 4.69) is 41.5 Å². The van der Waals surface area contributed by atoms with Crippen LogP contribution in [0.15, 0.2) is 0 Å². The number of unbranched alkanes of at least 4 members (excludes halogenated alkanes) is 46. The minimum Gasteiger partial charge on any atom is -0.462 e. The van der Waals surface area contributed by atoms with Gasteiger partial charge in [0, 0.05) is 25.7 Å². The highest BCUT2D eigenvalue weighted by atomic mass is 31.2. The number of phosphoric ester groups is 2. The zero-order valence-electron chi connectivity index (χ0n) is 62.7. The molecule has 0 bridgehead atoms. The first-order valence-electron chi connectivity index (χ1n) is 40.0. The van der Waals surface area contributed by atoms with Crippen LogP contribution in [-0.4, -0.2) is 96.7 Å². The van der Waals surface area contributed by atoms with Gasteiger partial charge >= 0.3 is 39.5 Å². The minimum absolute atomic E-state index is 0.106. The van der Waals surface area contributed by atoms with Crippen molar-refractivity contribution in [2.45, 2.75) is 419 Å². The lowest BCUT2D eigenvalue weighted by Crippen LogP contribution is -2.30. The van der Waals surface area contributed by atoms with E-state index in [0.29, 0.717) is 25.7 Å². The number of ether oxygens (including phenoxy) is 4. The summed E-state index contributed by atoms with van der Waals surface area (Å²) in [6.45, 7) is 9.61. The van der Waals surface area contributed by atoms with Gasteiger partial charge in [0.1, 0.15) is 19.3 Å². The van der Waals surface area contributed by atoms with Crippen LogP contribution in [0, 0.1) is 11.8 Å². The molecule has 19 heteroatoms. The maximum absolute atomic E-state index is 13.1. The van der Waals surface area contributed by atoms with Crippen LogP contribution < -0.4 is 0 Å². The number of rotatable bonds is 76. The van der Waals surface area contributed by atoms with Gasteiger partial charge in [-0.25, -0.2) is 9.13 Å². The van der Waals surface area contributed by atoms with Gasteiger partial charge in [-0.1, -0.05) is 350 Å². The molecule has 0 saturated heterocycles. The van der Waals surface area contributed by atoms with Gasteiger partial charge in [0.15, 0.2) is 12.2 Å². The Balaban J connectivity index is 5.22. The Bertz CT molecular complexity index is 1860. The Morgan fingerprint density at radius 3 is 0.708 bits per heavy atom. The third-order valence-corrected chi connectivity index (χ3v) is 19.9. The van der Waals surface area contributed by atoms with Crippen LogP contribution in [0.25, 0.3) is 0 Å². The third kappa shape index (κ3) is 70.5. The van der Waals surface area contributed by atoms with Crippen LogP contribution in [0.2, 0.25) is 0 Å². The number of phosphoric acid groups is 2. The Morgan fingerprint density at radius 1 is 0.281 bits per heavy atom. The van der Waals surface area contributed by atoms with Gasteiger partial charge < -0.3 is 33.8 Å². The molecule has 2 unspecified atom stereocenters. The lowest BCUT2D eigenvalue weighted by molar-refractivity contribution is -0.161. The fraction of sp³-hybridized carbons (Fsp3) is 0.948. The summed E-state index contributed by atoms with van der Waals surface area (Å²) in [5, 5.41) is 10.6. The number of esters is 4. The molecular formula is C77H150O17P2. The van der Waals surface area contributed by atoms with Crippen molar-refractivity contribution in [1.82, 2.24) is 0 Å². The smallest absolute Gasteiger partial charge is 0.462 e. The van der Waals surface area contributed by atoms with Crippen molar-refractivity contribution >= 4 is 39.5 Å². The highest BCUT2D eigenvalue weighted by Crippen LogP contribution is 2.45. The summed E-state index contributed by atoms with van der Waals surface area (Å²) in [6, 6.07) is 0. The predicted molar refractivity (Wildman–Crippen MR) is 391 cm³/mol. The SMILES string of the molecule is CCCCCCCCCCCCCCCCCC(=O)OC[C@H](COP(=O)(O)OC[C@@H](O)COP(=O)(O)OC[C@@H](COC(=O)CCCCCCCCCCC)OC(=O)CCCCCCCCCCCCC(C)C)OC(=O)CCCCCCCCCCCCCCCCCCC(C)C. The first kappa shape index (κ1) is 94.1. The number of hydrogen-bond donors (Lipinski definition) is 3. The van der Waals surface area contributed by atoms with E-state index in [1.165, 1.54) is 218 Å². The maximum Gasteiger partial charge on any atom is 0.472 e. The van der Waals surface area contributed by atoms with Crippen molar-refractivity contribution in [2.24, 2.45) is 11.8 Å². The molecule has 0 aromatic rings. The van der Waals surface area contributed by atoms with Crippen molar-refractivity contribution in [3.8, 4) is 0 Å². The molecule has 0 aliphatic carbocycles. The van der Waals surface area contributed by atoms with Crippen molar-refractivity contribution in [3.63, 3.8) is 0 Å². The van der Waals surface area contributed by atoms with Crippen LogP contribution in [0.3, 0.4) is 0 Å². The van der Waals surface area contributed by atoms with E-state index >= 15 is 0 Å². The molecule has 3 N–H and O–H groups in total. The fourth-order valence-electron chi connectivity index (χ4n) is 11.8. The molecule has 0 aliphatic rings. The van der Waals surface area contributed by atoms with E-state index in [0.717, 1.165) is 102 Å². The van der Waals surface area contributed by atoms with Crippen LogP contribution in [0.1, 0.15) is 401 Å². The fourth-order valence-corrected chi connectivity index (χ4v) is 13.4. The van der Waals surface area contributed by atoms with Crippen LogP contribution in [-0.2, 0) is 65.4 Å². The first-order chi connectivity index (χ1) is 46.4. The number of aliphatic hydroxyl groups is 1. The van der Waals surface area contributed by atoms with E-state index in [9.17, 15) is 43.2 Å². The topological polar surface area (TPSA) is 237 Å². The van der Waals surface area contributed by atoms with Gasteiger partial charge in [0.2, 0.25) is 0 Å². The predicted octanol–water partition coefficient (Wildman–Crippen LogP) is 22.7. The number of carbonyl (C=O) groups excluding carboxylic acids is 4. The zero-order valence-corrected chi connectivity index (χ0v) is 64.5. The van der Waals surface area contributed by atoms with Gasteiger partial charge in [0.05, 0.1) is 26.4 Å². The molecule has 5 atom stereocenters. The molecular weight excluding hydrogens is 1260 g/mol. The quantitative estimate of drug-likeness (QED) is 0.0222. The first-order valence-corrected chi connectivity index (χ1v) is 43.0. The lowest BCUT2D eigenvalue weighted by atomic mass is 10.0. The van der Waals surface area contributed by atoms with E-state index in [4.69, 9.17) is 37.0 Å². The maximum atomic E-state index is 13.1. The molecule has 0 spiro atoms. The third-order valence-electron chi connectivity index (χ3n) is 18.0. The molecule has 0 heterocycles. The summed E-state index contributed by atoms with van der Waals surface area (Å²) in [5.41, 5.74) is 0. The second-order valence-electron chi connectivity index (χ2n) is 28.7. The second kappa shape index (κ2) is 68.8. The molecule has 0 aromatic carbocycles. The monoisotopic (exact) mass is 1410 g/mol. The van der Waals surface area contributed by atoms with Gasteiger partial charge in [0.25, 0.3) is 0 Å². The largest absolute Gasteiger partial charge is 0.472 e. The van der Waals surface area contributed by atoms with Crippen molar-refractivity contribution < 1.29 is 80.2 Å². The molecule has 0 aromatic heterocycles. The summed E-state index contributed by atoms with van der Waals surface area (Å²) < 4.78 is 68.5. The van der Waals surface area contributed by atoms with Crippen LogP contribution in [0.4, 0.5) is 0 Å². The Kier molecular flexibility index (Phi) is 67.4. The summed E-state index contributed by atoms with van der Waals surface area (Å²) in [7, 11) is -9.91. The second-order valence-corrected chi connectivity index (χ2v) is 31.6. The highest BCUT2D eigenvalue weighted by molar-refractivity contribution is 7.47. The van der Waals surface area contributed by atoms with Gasteiger partial charge in [-0.3, -0.25) is 37.3 Å². The van der Waals surface area contributed by atoms with Crippen LogP contribution >= 0.6 is 15.6 Å². The molecule has 17 nitrogen and oxygen atoms in total. The molecule has 570 valence electrons. The Hall–Kier alpha value is -1.94.